The molecule has 0 saturated heterocycles. The van der Waals surface area contributed by atoms with E-state index in [1.165, 1.54) is 21.6 Å². The Bertz CT molecular complexity index is 1080. The standard InChI is InChI=1S/C21H19NO2S2/c1-26(23,24)22-18-7-4-5-15(14-18)13-17-10-9-16-6-2-3-8-19(16)21-20(17)11-12-25-21/h2,4-7,9-14,22H,3,8H2,1H3/b17-13-. The molecule has 2 aromatic rings. The Morgan fingerprint density at radius 3 is 2.88 bits per heavy atom. The molecule has 0 unspecified atom stereocenters. The monoisotopic (exact) mass is 381 g/mol. The molecule has 26 heavy (non-hydrogen) atoms. The maximum absolute atomic E-state index is 11.5. The molecule has 1 aromatic carbocycles. The SMILES string of the molecule is CS(=O)(=O)Nc1cccc(/C=C2/C=CC3=C(CCC=C3)c3sccc32)c1. The van der Waals surface area contributed by atoms with Gasteiger partial charge in [-0.3, -0.25) is 4.72 Å². The smallest absolute Gasteiger partial charge is 0.229 e. The summed E-state index contributed by atoms with van der Waals surface area (Å²) in [5.41, 5.74) is 6.63. The highest BCUT2D eigenvalue weighted by Crippen LogP contribution is 2.40. The molecule has 2 aliphatic rings. The fraction of sp³-hybridized carbons (Fsp3) is 0.143. The summed E-state index contributed by atoms with van der Waals surface area (Å²) >= 11 is 1.79. The Kier molecular flexibility index (Phi) is 4.42. The van der Waals surface area contributed by atoms with E-state index in [2.05, 4.69) is 46.5 Å². The lowest BCUT2D eigenvalue weighted by Crippen LogP contribution is -2.09. The van der Waals surface area contributed by atoms with Crippen LogP contribution in [0.2, 0.25) is 0 Å². The summed E-state index contributed by atoms with van der Waals surface area (Å²) < 4.78 is 25.5. The maximum Gasteiger partial charge on any atom is 0.229 e. The number of sulfonamides is 1. The van der Waals surface area contributed by atoms with Crippen LogP contribution in [-0.2, 0) is 10.0 Å². The Balaban J connectivity index is 1.75. The Hall–Kier alpha value is -2.37. The molecular formula is C21H19NO2S2. The number of anilines is 1. The van der Waals surface area contributed by atoms with Crippen LogP contribution in [-0.4, -0.2) is 14.7 Å². The van der Waals surface area contributed by atoms with Crippen molar-refractivity contribution in [3.05, 3.63) is 81.6 Å². The van der Waals surface area contributed by atoms with Gasteiger partial charge in [-0.15, -0.1) is 11.3 Å². The van der Waals surface area contributed by atoms with Crippen molar-refractivity contribution < 1.29 is 8.42 Å². The van der Waals surface area contributed by atoms with Crippen molar-refractivity contribution in [1.29, 1.82) is 0 Å². The summed E-state index contributed by atoms with van der Waals surface area (Å²) in [4.78, 5) is 1.34. The van der Waals surface area contributed by atoms with Gasteiger partial charge in [-0.2, -0.15) is 0 Å². The third-order valence-corrected chi connectivity index (χ3v) is 5.99. The predicted octanol–water partition coefficient (Wildman–Crippen LogP) is 5.33. The van der Waals surface area contributed by atoms with Crippen LogP contribution >= 0.6 is 11.3 Å². The van der Waals surface area contributed by atoms with Crippen molar-refractivity contribution in [2.45, 2.75) is 12.8 Å². The molecule has 0 aliphatic heterocycles. The molecule has 1 aromatic heterocycles. The topological polar surface area (TPSA) is 46.2 Å². The van der Waals surface area contributed by atoms with E-state index in [0.29, 0.717) is 5.69 Å². The number of rotatable bonds is 3. The Labute approximate surface area is 158 Å². The highest BCUT2D eigenvalue weighted by atomic mass is 32.2. The van der Waals surface area contributed by atoms with E-state index < -0.39 is 10.0 Å². The van der Waals surface area contributed by atoms with Crippen LogP contribution in [0.3, 0.4) is 0 Å². The minimum atomic E-state index is -3.28. The third kappa shape index (κ3) is 3.59. The lowest BCUT2D eigenvalue weighted by Gasteiger charge is -2.12. The predicted molar refractivity (Wildman–Crippen MR) is 112 cm³/mol. The molecule has 3 nitrogen and oxygen atoms in total. The molecule has 0 spiro atoms. The number of hydrogen-bond acceptors (Lipinski definition) is 3. The Morgan fingerprint density at radius 1 is 1.15 bits per heavy atom. The molecule has 1 heterocycles. The summed E-state index contributed by atoms with van der Waals surface area (Å²) in [5.74, 6) is 0. The van der Waals surface area contributed by atoms with Gasteiger partial charge in [0.25, 0.3) is 0 Å². The molecular weight excluding hydrogens is 362 g/mol. The van der Waals surface area contributed by atoms with Crippen molar-refractivity contribution >= 4 is 44.3 Å². The van der Waals surface area contributed by atoms with Gasteiger partial charge in [0.05, 0.1) is 6.26 Å². The van der Waals surface area contributed by atoms with E-state index >= 15 is 0 Å². The van der Waals surface area contributed by atoms with Crippen molar-refractivity contribution in [3.8, 4) is 0 Å². The largest absolute Gasteiger partial charge is 0.284 e. The van der Waals surface area contributed by atoms with Crippen LogP contribution in [0.1, 0.15) is 28.8 Å². The normalized spacial score (nSPS) is 17.8. The second-order valence-electron chi connectivity index (χ2n) is 6.47. The number of fused-ring (bicyclic) bond motifs is 2. The van der Waals surface area contributed by atoms with Crippen molar-refractivity contribution in [3.63, 3.8) is 0 Å². The first-order valence-corrected chi connectivity index (χ1v) is 11.2. The molecule has 2 aliphatic carbocycles. The average molecular weight is 382 g/mol. The second-order valence-corrected chi connectivity index (χ2v) is 9.14. The molecule has 0 atom stereocenters. The number of benzene rings is 1. The number of nitrogens with one attached hydrogen (secondary N) is 1. The van der Waals surface area contributed by atoms with Gasteiger partial charge >= 0.3 is 0 Å². The van der Waals surface area contributed by atoms with Crippen LogP contribution in [0.25, 0.3) is 17.2 Å². The van der Waals surface area contributed by atoms with Crippen molar-refractivity contribution in [2.75, 3.05) is 11.0 Å². The number of hydrogen-bond donors (Lipinski definition) is 1. The minimum Gasteiger partial charge on any atom is -0.284 e. The van der Waals surface area contributed by atoms with E-state index in [9.17, 15) is 8.42 Å². The Morgan fingerprint density at radius 2 is 2.04 bits per heavy atom. The number of thiophene rings is 1. The third-order valence-electron chi connectivity index (χ3n) is 4.41. The van der Waals surface area contributed by atoms with Crippen molar-refractivity contribution in [2.24, 2.45) is 0 Å². The zero-order chi connectivity index (χ0) is 18.1. The molecule has 1 N–H and O–H groups in total. The lowest BCUT2D eigenvalue weighted by atomic mass is 9.95. The fourth-order valence-electron chi connectivity index (χ4n) is 3.33. The molecule has 0 amide bonds. The molecule has 0 fully saturated rings. The summed E-state index contributed by atoms with van der Waals surface area (Å²) in [6.07, 6.45) is 14.2. The van der Waals surface area contributed by atoms with E-state index in [4.69, 9.17) is 0 Å². The van der Waals surface area contributed by atoms with Gasteiger partial charge in [0.15, 0.2) is 0 Å². The first-order valence-electron chi connectivity index (χ1n) is 8.45. The maximum atomic E-state index is 11.5. The van der Waals surface area contributed by atoms with Crippen LogP contribution in [0, 0.1) is 0 Å². The quantitative estimate of drug-likeness (QED) is 0.781. The molecule has 0 radical (unpaired) electrons. The summed E-state index contributed by atoms with van der Waals surface area (Å²) in [7, 11) is -3.28. The first-order chi connectivity index (χ1) is 12.5. The molecule has 132 valence electrons. The van der Waals surface area contributed by atoms with Crippen LogP contribution < -0.4 is 4.72 Å². The van der Waals surface area contributed by atoms with Crippen LogP contribution in [0.15, 0.2) is 65.6 Å². The first kappa shape index (κ1) is 17.1. The van der Waals surface area contributed by atoms with Gasteiger partial charge in [0.1, 0.15) is 0 Å². The van der Waals surface area contributed by atoms with Gasteiger partial charge in [0, 0.05) is 10.6 Å². The van der Waals surface area contributed by atoms with E-state index in [-0.39, 0.29) is 0 Å². The van der Waals surface area contributed by atoms with Gasteiger partial charge in [-0.25, -0.2) is 8.42 Å². The van der Waals surface area contributed by atoms with Crippen LogP contribution in [0.5, 0.6) is 0 Å². The zero-order valence-corrected chi connectivity index (χ0v) is 16.0. The molecule has 0 bridgehead atoms. The van der Waals surface area contributed by atoms with Gasteiger partial charge in [0.2, 0.25) is 10.0 Å². The zero-order valence-electron chi connectivity index (χ0n) is 14.4. The molecule has 0 saturated carbocycles. The summed E-state index contributed by atoms with van der Waals surface area (Å²) in [5, 5.41) is 2.14. The lowest BCUT2D eigenvalue weighted by molar-refractivity contribution is 0.607. The van der Waals surface area contributed by atoms with Crippen molar-refractivity contribution in [1.82, 2.24) is 0 Å². The van der Waals surface area contributed by atoms with E-state index in [1.54, 1.807) is 17.4 Å². The van der Waals surface area contributed by atoms with Gasteiger partial charge in [-0.05, 0) is 70.3 Å². The van der Waals surface area contributed by atoms with Gasteiger partial charge in [-0.1, -0.05) is 36.4 Å². The second kappa shape index (κ2) is 6.74. The highest BCUT2D eigenvalue weighted by Gasteiger charge is 2.18. The van der Waals surface area contributed by atoms with Gasteiger partial charge < -0.3 is 0 Å². The molecule has 5 heteroatoms. The minimum absolute atomic E-state index is 0.574. The summed E-state index contributed by atoms with van der Waals surface area (Å²) in [6.45, 7) is 0. The average Bonchev–Trinajstić information content (AvgIpc) is 3.02. The van der Waals surface area contributed by atoms with E-state index in [0.717, 1.165) is 30.2 Å². The molecule has 4 rings (SSSR count). The number of allylic oxidation sites excluding steroid dienone is 7. The summed E-state index contributed by atoms with van der Waals surface area (Å²) in [6, 6.07) is 9.63. The van der Waals surface area contributed by atoms with Crippen LogP contribution in [0.4, 0.5) is 5.69 Å². The fourth-order valence-corrected chi connectivity index (χ4v) is 4.91. The highest BCUT2D eigenvalue weighted by molar-refractivity contribution is 7.92. The van der Waals surface area contributed by atoms with E-state index in [1.807, 2.05) is 18.2 Å².